The number of carbonyl (C=O) groups excluding carboxylic acids is 2. The van der Waals surface area contributed by atoms with Crippen molar-refractivity contribution in [3.8, 4) is 0 Å². The van der Waals surface area contributed by atoms with Gasteiger partial charge in [0, 0.05) is 12.8 Å². The molecule has 0 aliphatic heterocycles. The minimum absolute atomic E-state index is 0.128. The van der Waals surface area contributed by atoms with Gasteiger partial charge < -0.3 is 28.4 Å². The molecule has 0 unspecified atom stereocenters. The molecule has 0 spiro atoms. The van der Waals surface area contributed by atoms with E-state index in [1.54, 1.807) is 0 Å². The van der Waals surface area contributed by atoms with Crippen LogP contribution < -0.4 is 0 Å². The van der Waals surface area contributed by atoms with Gasteiger partial charge >= 0.3 is 11.9 Å². The lowest BCUT2D eigenvalue weighted by Crippen LogP contribution is -2.15. The van der Waals surface area contributed by atoms with Gasteiger partial charge in [-0.05, 0) is 12.8 Å². The van der Waals surface area contributed by atoms with E-state index in [9.17, 15) is 9.59 Å². The van der Waals surface area contributed by atoms with Crippen LogP contribution in [0, 0.1) is 0 Å². The zero-order valence-corrected chi connectivity index (χ0v) is 36.0. The normalized spacial score (nSPS) is 11.4. The lowest BCUT2D eigenvalue weighted by Gasteiger charge is -2.08. The molecule has 0 N–H and O–H groups in total. The Bertz CT molecular complexity index is 674. The van der Waals surface area contributed by atoms with E-state index in [-0.39, 0.29) is 11.9 Å². The zero-order chi connectivity index (χ0) is 39.1. The van der Waals surface area contributed by atoms with Gasteiger partial charge in [-0.3, -0.25) is 9.59 Å². The fraction of sp³-hybridized carbons (Fsp3) is 0.957. The van der Waals surface area contributed by atoms with Gasteiger partial charge in [-0.25, -0.2) is 0 Å². The molecule has 0 rings (SSSR count). The van der Waals surface area contributed by atoms with Crippen molar-refractivity contribution in [3.05, 3.63) is 0 Å². The highest BCUT2D eigenvalue weighted by Gasteiger charge is 2.04. The first-order chi connectivity index (χ1) is 26.7. The van der Waals surface area contributed by atoms with Crippen molar-refractivity contribution >= 4 is 11.9 Å². The van der Waals surface area contributed by atoms with E-state index in [4.69, 9.17) is 28.4 Å². The lowest BCUT2D eigenvalue weighted by molar-refractivity contribution is -0.146. The Balaban J connectivity index is 3.20. The second-order valence-electron chi connectivity index (χ2n) is 15.3. The summed E-state index contributed by atoms with van der Waals surface area (Å²) in [5.41, 5.74) is 0. The van der Waals surface area contributed by atoms with Crippen molar-refractivity contribution in [1.29, 1.82) is 0 Å². The van der Waals surface area contributed by atoms with Crippen LogP contribution in [0.4, 0.5) is 0 Å². The van der Waals surface area contributed by atoms with Crippen LogP contribution in [0.25, 0.3) is 0 Å². The van der Waals surface area contributed by atoms with Gasteiger partial charge in [-0.15, -0.1) is 0 Å². The van der Waals surface area contributed by atoms with Gasteiger partial charge in [0.2, 0.25) is 0 Å². The summed E-state index contributed by atoms with van der Waals surface area (Å²) in [6.07, 6.45) is 40.5. The average molecular weight is 771 g/mol. The molecular weight excluding hydrogens is 680 g/mol. The van der Waals surface area contributed by atoms with Gasteiger partial charge in [0.25, 0.3) is 0 Å². The quantitative estimate of drug-likeness (QED) is 0.0446. The van der Waals surface area contributed by atoms with Crippen molar-refractivity contribution in [2.75, 3.05) is 66.1 Å². The molecule has 0 radical (unpaired) electrons. The Kier molecular flexibility index (Phi) is 46.8. The van der Waals surface area contributed by atoms with E-state index in [1.165, 1.54) is 167 Å². The summed E-state index contributed by atoms with van der Waals surface area (Å²) in [5.74, 6) is -0.255. The fourth-order valence-electron chi connectivity index (χ4n) is 6.62. The van der Waals surface area contributed by atoms with E-state index in [0.717, 1.165) is 25.7 Å². The van der Waals surface area contributed by atoms with E-state index >= 15 is 0 Å². The minimum Gasteiger partial charge on any atom is -0.463 e. The maximum atomic E-state index is 11.9. The van der Waals surface area contributed by atoms with Gasteiger partial charge in [0.15, 0.2) is 0 Å². The molecule has 0 aromatic carbocycles. The highest BCUT2D eigenvalue weighted by Crippen LogP contribution is 2.15. The molecule has 0 aliphatic carbocycles. The smallest absolute Gasteiger partial charge is 0.305 e. The van der Waals surface area contributed by atoms with Crippen molar-refractivity contribution in [2.45, 2.75) is 219 Å². The summed E-state index contributed by atoms with van der Waals surface area (Å²) in [7, 11) is 0. The third kappa shape index (κ3) is 46.9. The molecule has 0 aromatic heterocycles. The maximum Gasteiger partial charge on any atom is 0.305 e. The van der Waals surface area contributed by atoms with Gasteiger partial charge in [-0.2, -0.15) is 0 Å². The van der Waals surface area contributed by atoms with Crippen molar-refractivity contribution in [3.63, 3.8) is 0 Å². The first-order valence-corrected chi connectivity index (χ1v) is 23.3. The molecule has 0 saturated heterocycles. The number of carbonyl (C=O) groups is 2. The largest absolute Gasteiger partial charge is 0.463 e. The molecule has 0 bridgehead atoms. The lowest BCUT2D eigenvalue weighted by atomic mass is 10.0. The van der Waals surface area contributed by atoms with Crippen LogP contribution in [-0.2, 0) is 38.0 Å². The number of ether oxygens (including phenoxy) is 6. The molecule has 8 nitrogen and oxygen atoms in total. The first-order valence-electron chi connectivity index (χ1n) is 23.3. The van der Waals surface area contributed by atoms with Crippen LogP contribution in [0.5, 0.6) is 0 Å². The minimum atomic E-state index is -0.128. The van der Waals surface area contributed by atoms with E-state index < -0.39 is 0 Å². The predicted octanol–water partition coefficient (Wildman–Crippen LogP) is 12.7. The van der Waals surface area contributed by atoms with Crippen LogP contribution in [0.1, 0.15) is 219 Å². The van der Waals surface area contributed by atoms with Crippen LogP contribution in [0.15, 0.2) is 0 Å². The summed E-state index contributed by atoms with van der Waals surface area (Å²) < 4.78 is 32.5. The second kappa shape index (κ2) is 47.9. The predicted molar refractivity (Wildman–Crippen MR) is 224 cm³/mol. The van der Waals surface area contributed by atoms with E-state index in [2.05, 4.69) is 13.8 Å². The van der Waals surface area contributed by atoms with Crippen molar-refractivity contribution < 1.29 is 38.0 Å². The van der Waals surface area contributed by atoms with E-state index in [1.807, 2.05) is 0 Å². The Labute approximate surface area is 334 Å². The Morgan fingerprint density at radius 3 is 0.667 bits per heavy atom. The summed E-state index contributed by atoms with van der Waals surface area (Å²) in [4.78, 5) is 23.8. The number of rotatable bonds is 47. The average Bonchev–Trinajstić information content (AvgIpc) is 3.17. The molecule has 0 heterocycles. The maximum absolute atomic E-state index is 11.9. The Morgan fingerprint density at radius 2 is 0.444 bits per heavy atom. The van der Waals surface area contributed by atoms with Crippen molar-refractivity contribution in [2.24, 2.45) is 0 Å². The molecular formula is C46H90O8. The molecule has 0 amide bonds. The molecule has 54 heavy (non-hydrogen) atoms. The van der Waals surface area contributed by atoms with Crippen LogP contribution in [-0.4, -0.2) is 78.0 Å². The number of hydrogen-bond acceptors (Lipinski definition) is 8. The van der Waals surface area contributed by atoms with Gasteiger partial charge in [0.05, 0.1) is 52.9 Å². The number of unbranched alkanes of at least 4 members (excludes halogenated alkanes) is 28. The SMILES string of the molecule is CCCCCCCCCCCCCCCCCC(=O)OCCOCCOCCOCCOCCOC(=O)CCCCCCCCCCCCCCCCC. The van der Waals surface area contributed by atoms with Gasteiger partial charge in [-0.1, -0.05) is 194 Å². The first kappa shape index (κ1) is 52.8. The standard InChI is InChI=1S/C46H90O8/c1-3-5-7-9-11-13-15-17-19-21-23-25-27-29-31-33-45(47)53-43-41-51-39-37-49-35-36-50-38-40-52-42-44-54-46(48)34-32-30-28-26-24-22-20-18-16-14-12-10-8-6-4-2/h3-44H2,1-2H3. The summed E-state index contributed by atoms with van der Waals surface area (Å²) in [6, 6.07) is 0. The van der Waals surface area contributed by atoms with Crippen LogP contribution in [0.3, 0.4) is 0 Å². The molecule has 322 valence electrons. The number of hydrogen-bond donors (Lipinski definition) is 0. The monoisotopic (exact) mass is 771 g/mol. The fourth-order valence-corrected chi connectivity index (χ4v) is 6.62. The molecule has 0 aliphatic rings. The molecule has 0 aromatic rings. The third-order valence-electron chi connectivity index (χ3n) is 10.1. The molecule has 0 atom stereocenters. The molecule has 0 fully saturated rings. The summed E-state index contributed by atoms with van der Waals surface area (Å²) >= 11 is 0. The Morgan fingerprint density at radius 1 is 0.259 bits per heavy atom. The molecule has 0 saturated carbocycles. The zero-order valence-electron chi connectivity index (χ0n) is 36.0. The highest BCUT2D eigenvalue weighted by molar-refractivity contribution is 5.69. The summed E-state index contributed by atoms with van der Waals surface area (Å²) in [5, 5.41) is 0. The topological polar surface area (TPSA) is 89.5 Å². The van der Waals surface area contributed by atoms with Crippen LogP contribution in [0.2, 0.25) is 0 Å². The second-order valence-corrected chi connectivity index (χ2v) is 15.3. The summed E-state index contributed by atoms with van der Waals surface area (Å²) in [6.45, 7) is 8.72. The third-order valence-corrected chi connectivity index (χ3v) is 10.1. The van der Waals surface area contributed by atoms with Crippen LogP contribution >= 0.6 is 0 Å². The highest BCUT2D eigenvalue weighted by atomic mass is 16.6. The molecule has 8 heteroatoms. The Hall–Kier alpha value is -1.22. The van der Waals surface area contributed by atoms with Crippen molar-refractivity contribution in [1.82, 2.24) is 0 Å². The number of esters is 2. The van der Waals surface area contributed by atoms with E-state index in [0.29, 0.717) is 78.9 Å². The van der Waals surface area contributed by atoms with Gasteiger partial charge in [0.1, 0.15) is 13.2 Å².